The summed E-state index contributed by atoms with van der Waals surface area (Å²) in [4.78, 5) is 30.6. The topological polar surface area (TPSA) is 102 Å². The van der Waals surface area contributed by atoms with E-state index in [9.17, 15) is 19.8 Å². The van der Waals surface area contributed by atoms with Crippen molar-refractivity contribution in [2.75, 3.05) is 19.6 Å². The van der Waals surface area contributed by atoms with Gasteiger partial charge < -0.3 is 20.4 Å². The van der Waals surface area contributed by atoms with Crippen LogP contribution in [0.15, 0.2) is 4.99 Å². The minimum Gasteiger partial charge on any atom is -0.480 e. The first kappa shape index (κ1) is 18.4. The molecular formula is C17H25N3O4S2. The number of nitrogens with one attached hydrogen (secondary N) is 1. The second-order valence-corrected chi connectivity index (χ2v) is 10.9. The molecule has 3 heterocycles. The molecular weight excluding hydrogens is 374 g/mol. The Kier molecular flexibility index (Phi) is 4.90. The quantitative estimate of drug-likeness (QED) is 0.592. The second kappa shape index (κ2) is 6.91. The number of aliphatic hydroxyl groups is 1. The number of hydrogen-bond donors (Lipinski definition) is 3. The maximum Gasteiger partial charge on any atom is 0.332 e. The summed E-state index contributed by atoms with van der Waals surface area (Å²) in [5.74, 6) is 0.116. The Hall–Kier alpha value is -0.930. The van der Waals surface area contributed by atoms with Crippen molar-refractivity contribution in [1.82, 2.24) is 10.2 Å². The number of amides is 1. The first-order valence-electron chi connectivity index (χ1n) is 9.27. The predicted octanol–water partition coefficient (Wildman–Crippen LogP) is 0.973. The van der Waals surface area contributed by atoms with Crippen molar-refractivity contribution in [2.24, 2.45) is 16.8 Å². The van der Waals surface area contributed by atoms with Gasteiger partial charge in [-0.2, -0.15) is 0 Å². The fourth-order valence-corrected chi connectivity index (χ4v) is 7.95. The van der Waals surface area contributed by atoms with Crippen LogP contribution in [0.2, 0.25) is 0 Å². The zero-order valence-corrected chi connectivity index (χ0v) is 16.4. The third kappa shape index (κ3) is 3.01. The highest BCUT2D eigenvalue weighted by atomic mass is 32.2. The Morgan fingerprint density at radius 1 is 1.46 bits per heavy atom. The smallest absolute Gasteiger partial charge is 0.332 e. The van der Waals surface area contributed by atoms with Gasteiger partial charge in [-0.05, 0) is 19.8 Å². The molecule has 26 heavy (non-hydrogen) atoms. The summed E-state index contributed by atoms with van der Waals surface area (Å²) < 4.78 is -1.07. The first-order chi connectivity index (χ1) is 12.4. The van der Waals surface area contributed by atoms with Crippen LogP contribution in [0.3, 0.4) is 0 Å². The zero-order valence-electron chi connectivity index (χ0n) is 14.8. The highest BCUT2D eigenvalue weighted by molar-refractivity contribution is 8.20. The predicted molar refractivity (Wildman–Crippen MR) is 102 cm³/mol. The number of carboxylic acid groups (broad SMARTS) is 1. The number of carboxylic acids is 1. The maximum absolute atomic E-state index is 12.2. The van der Waals surface area contributed by atoms with E-state index in [4.69, 9.17) is 4.99 Å². The van der Waals surface area contributed by atoms with Gasteiger partial charge in [-0.25, -0.2) is 4.79 Å². The van der Waals surface area contributed by atoms with Crippen LogP contribution in [-0.4, -0.2) is 73.3 Å². The average molecular weight is 400 g/mol. The van der Waals surface area contributed by atoms with Gasteiger partial charge in [-0.15, -0.1) is 23.5 Å². The van der Waals surface area contributed by atoms with Crippen LogP contribution < -0.4 is 5.32 Å². The Morgan fingerprint density at radius 2 is 2.19 bits per heavy atom. The van der Waals surface area contributed by atoms with Crippen LogP contribution >= 0.6 is 23.5 Å². The van der Waals surface area contributed by atoms with Crippen LogP contribution in [0.5, 0.6) is 0 Å². The Morgan fingerprint density at radius 3 is 2.77 bits per heavy atom. The van der Waals surface area contributed by atoms with E-state index in [1.807, 2.05) is 0 Å². The van der Waals surface area contributed by atoms with Gasteiger partial charge in [0, 0.05) is 17.7 Å². The second-order valence-electron chi connectivity index (χ2n) is 7.63. The molecule has 4 rings (SSSR count). The van der Waals surface area contributed by atoms with E-state index in [0.29, 0.717) is 19.0 Å². The van der Waals surface area contributed by atoms with Gasteiger partial charge in [0.05, 0.1) is 36.3 Å². The van der Waals surface area contributed by atoms with Crippen molar-refractivity contribution in [3.05, 3.63) is 0 Å². The third-order valence-electron chi connectivity index (χ3n) is 5.79. The first-order valence-corrected chi connectivity index (χ1v) is 11.0. The normalized spacial score (nSPS) is 38.4. The Balaban J connectivity index is 1.43. The van der Waals surface area contributed by atoms with E-state index in [0.717, 1.165) is 5.84 Å². The molecule has 7 nitrogen and oxygen atoms in total. The number of aliphatic hydroxyl groups excluding tert-OH is 1. The van der Waals surface area contributed by atoms with Gasteiger partial charge in [0.2, 0.25) is 5.91 Å². The number of amidine groups is 1. The summed E-state index contributed by atoms with van der Waals surface area (Å²) in [5, 5.41) is 23.0. The molecule has 9 heteroatoms. The molecule has 0 aromatic rings. The molecule has 4 unspecified atom stereocenters. The molecule has 3 fully saturated rings. The number of carbonyl (C=O) groups excluding carboxylic acids is 1. The van der Waals surface area contributed by atoms with Crippen LogP contribution in [0.1, 0.15) is 32.6 Å². The van der Waals surface area contributed by atoms with E-state index < -0.39 is 22.1 Å². The average Bonchev–Trinajstić information content (AvgIpc) is 3.23. The molecule has 1 amide bonds. The monoisotopic (exact) mass is 399 g/mol. The van der Waals surface area contributed by atoms with Gasteiger partial charge >= 0.3 is 5.97 Å². The lowest BCUT2D eigenvalue weighted by molar-refractivity contribution is -0.155. The summed E-state index contributed by atoms with van der Waals surface area (Å²) in [6, 6.07) is 0. The zero-order chi connectivity index (χ0) is 18.5. The molecule has 2 saturated heterocycles. The van der Waals surface area contributed by atoms with E-state index in [2.05, 4.69) is 5.32 Å². The molecule has 5 atom stereocenters. The Labute approximate surface area is 161 Å². The number of nitrogens with zero attached hydrogens (tertiary/aromatic N) is 2. The number of aliphatic imine (C=N–C) groups is 1. The summed E-state index contributed by atoms with van der Waals surface area (Å²) in [6.45, 7) is 3.13. The molecule has 3 N–H and O–H groups in total. The lowest BCUT2D eigenvalue weighted by atomic mass is 9.93. The fourth-order valence-electron chi connectivity index (χ4n) is 4.35. The molecule has 144 valence electrons. The van der Waals surface area contributed by atoms with Crippen LogP contribution in [0, 0.1) is 11.8 Å². The lowest BCUT2D eigenvalue weighted by Gasteiger charge is -2.42. The van der Waals surface area contributed by atoms with Gasteiger partial charge in [0.1, 0.15) is 0 Å². The summed E-state index contributed by atoms with van der Waals surface area (Å²) in [6.07, 6.45) is 4.16. The molecule has 3 aliphatic heterocycles. The van der Waals surface area contributed by atoms with E-state index >= 15 is 0 Å². The highest BCUT2D eigenvalue weighted by Crippen LogP contribution is 2.56. The molecule has 1 saturated carbocycles. The maximum atomic E-state index is 12.2. The van der Waals surface area contributed by atoms with Gasteiger partial charge in [0.15, 0.2) is 4.08 Å². The minimum absolute atomic E-state index is 0.0718. The molecule has 0 spiro atoms. The molecule has 0 aromatic carbocycles. The molecule has 0 radical (unpaired) electrons. The number of fused-ring (bicyclic) bond motifs is 1. The van der Waals surface area contributed by atoms with Crippen molar-refractivity contribution < 1.29 is 19.8 Å². The summed E-state index contributed by atoms with van der Waals surface area (Å²) in [7, 11) is 0. The van der Waals surface area contributed by atoms with Crippen LogP contribution in [-0.2, 0) is 9.59 Å². The Bertz CT molecular complexity index is 637. The van der Waals surface area contributed by atoms with E-state index in [1.165, 1.54) is 49.2 Å². The molecule has 4 aliphatic rings. The van der Waals surface area contributed by atoms with Crippen molar-refractivity contribution in [3.63, 3.8) is 0 Å². The van der Waals surface area contributed by atoms with Crippen molar-refractivity contribution in [2.45, 2.75) is 53.4 Å². The third-order valence-corrected chi connectivity index (χ3v) is 9.18. The fraction of sp³-hybridized carbons (Fsp3) is 0.824. The number of thioether (sulfide) groups is 2. The summed E-state index contributed by atoms with van der Waals surface area (Å²) in [5.41, 5.74) is 0. The minimum atomic E-state index is -1.07. The van der Waals surface area contributed by atoms with Crippen molar-refractivity contribution >= 4 is 41.2 Å². The number of hydrogen-bond acceptors (Lipinski definition) is 7. The lowest BCUT2D eigenvalue weighted by Crippen LogP contribution is -2.60. The molecule has 1 aliphatic carbocycles. The van der Waals surface area contributed by atoms with Crippen molar-refractivity contribution in [3.8, 4) is 0 Å². The SMILES string of the molecule is CC(O)C1C(=O)N2CC(SC3CN=C(C4CCCC4)NC3)(C(=O)O)S[C@H]12. The van der Waals surface area contributed by atoms with E-state index in [-0.39, 0.29) is 23.1 Å². The van der Waals surface area contributed by atoms with Gasteiger partial charge in [-0.3, -0.25) is 9.79 Å². The van der Waals surface area contributed by atoms with Crippen LogP contribution in [0.4, 0.5) is 0 Å². The standard InChI is InChI=1S/C17H25N3O4S2/c1-9(21)12-14(22)20-8-17(16(23)24,26-15(12)20)25-11-6-18-13(19-7-11)10-4-2-3-5-10/h9-12,15,21H,2-8H2,1H3,(H,18,19)(H,23,24)/t9?,12?,15-,17?/m1/s1. The van der Waals surface area contributed by atoms with Gasteiger partial charge in [-0.1, -0.05) is 12.8 Å². The number of β-lactam (4-membered cyclic amide) rings is 1. The van der Waals surface area contributed by atoms with E-state index in [1.54, 1.807) is 11.8 Å². The van der Waals surface area contributed by atoms with Crippen molar-refractivity contribution in [1.29, 1.82) is 0 Å². The molecule has 0 bridgehead atoms. The van der Waals surface area contributed by atoms with Crippen LogP contribution in [0.25, 0.3) is 0 Å². The largest absolute Gasteiger partial charge is 0.480 e. The number of carbonyl (C=O) groups is 2. The molecule has 0 aromatic heterocycles. The highest BCUT2D eigenvalue weighted by Gasteiger charge is 2.63. The number of aliphatic carboxylic acids is 1. The van der Waals surface area contributed by atoms with Gasteiger partial charge in [0.25, 0.3) is 0 Å². The number of rotatable bonds is 5. The summed E-state index contributed by atoms with van der Waals surface area (Å²) >= 11 is 2.72.